The van der Waals surface area contributed by atoms with E-state index in [1.54, 1.807) is 6.07 Å². The number of hydrogen-bond donors (Lipinski definition) is 2. The highest BCUT2D eigenvalue weighted by Gasteiger charge is 2.14. The van der Waals surface area contributed by atoms with Crippen LogP contribution in [0.25, 0.3) is 10.9 Å². The van der Waals surface area contributed by atoms with Crippen molar-refractivity contribution >= 4 is 22.5 Å². The first-order valence-electron chi connectivity index (χ1n) is 10.7. The normalized spacial score (nSPS) is 11.2. The highest BCUT2D eigenvalue weighted by atomic mass is 16.1. The van der Waals surface area contributed by atoms with Crippen LogP contribution < -0.4 is 10.9 Å². The van der Waals surface area contributed by atoms with Gasteiger partial charge in [-0.05, 0) is 55.8 Å². The van der Waals surface area contributed by atoms with E-state index in [1.807, 2.05) is 72.8 Å². The first-order chi connectivity index (χ1) is 15.5. The predicted molar refractivity (Wildman–Crippen MR) is 128 cm³/mol. The van der Waals surface area contributed by atoms with E-state index < -0.39 is 0 Å². The smallest absolute Gasteiger partial charge is 0.258 e. The second-order valence-corrected chi connectivity index (χ2v) is 8.05. The topological polar surface area (TPSA) is 78.1 Å². The molecule has 0 unspecified atom stereocenters. The van der Waals surface area contributed by atoms with Gasteiger partial charge in [-0.2, -0.15) is 0 Å². The summed E-state index contributed by atoms with van der Waals surface area (Å²) in [4.78, 5) is 34.6. The van der Waals surface area contributed by atoms with E-state index in [9.17, 15) is 9.59 Å². The van der Waals surface area contributed by atoms with Gasteiger partial charge in [-0.15, -0.1) is 0 Å². The minimum Gasteiger partial charge on any atom is -0.322 e. The number of carbonyl (C=O) groups is 1. The van der Waals surface area contributed by atoms with Crippen LogP contribution in [0.15, 0.2) is 83.7 Å². The Labute approximate surface area is 186 Å². The SMILES string of the molecule is CC(C)N(Cc1ccc(C(=O)Nc2ccccc2)cc1)Cc1nc2ccccc2c(=O)[nH]1. The number of fused-ring (bicyclic) bond motifs is 1. The molecule has 0 aliphatic rings. The maximum atomic E-state index is 12.5. The van der Waals surface area contributed by atoms with Crippen molar-refractivity contribution in [3.8, 4) is 0 Å². The fourth-order valence-corrected chi connectivity index (χ4v) is 3.54. The Hall–Kier alpha value is -3.77. The van der Waals surface area contributed by atoms with Crippen LogP contribution in [-0.2, 0) is 13.1 Å². The molecule has 2 N–H and O–H groups in total. The highest BCUT2D eigenvalue weighted by Crippen LogP contribution is 2.15. The van der Waals surface area contributed by atoms with Gasteiger partial charge in [0.2, 0.25) is 0 Å². The molecule has 1 heterocycles. The predicted octanol–water partition coefficient (Wildman–Crippen LogP) is 4.59. The summed E-state index contributed by atoms with van der Waals surface area (Å²) in [6.45, 7) is 5.42. The molecule has 0 saturated carbocycles. The number of para-hydroxylation sites is 2. The van der Waals surface area contributed by atoms with Crippen LogP contribution in [-0.4, -0.2) is 26.8 Å². The second-order valence-electron chi connectivity index (χ2n) is 8.05. The molecule has 0 saturated heterocycles. The minimum atomic E-state index is -0.138. The minimum absolute atomic E-state index is 0.122. The Balaban J connectivity index is 1.46. The molecule has 0 fully saturated rings. The quantitative estimate of drug-likeness (QED) is 0.453. The summed E-state index contributed by atoms with van der Waals surface area (Å²) in [5.74, 6) is 0.502. The Morgan fingerprint density at radius 1 is 0.938 bits per heavy atom. The molecule has 0 bridgehead atoms. The maximum Gasteiger partial charge on any atom is 0.258 e. The average Bonchev–Trinajstić information content (AvgIpc) is 2.80. The number of amides is 1. The van der Waals surface area contributed by atoms with Crippen molar-refractivity contribution in [1.82, 2.24) is 14.9 Å². The van der Waals surface area contributed by atoms with Crippen LogP contribution >= 0.6 is 0 Å². The lowest BCUT2D eigenvalue weighted by Gasteiger charge is -2.26. The van der Waals surface area contributed by atoms with Crippen molar-refractivity contribution in [2.24, 2.45) is 0 Å². The molecule has 4 aromatic rings. The van der Waals surface area contributed by atoms with Crippen LogP contribution in [0.2, 0.25) is 0 Å². The molecule has 1 amide bonds. The van der Waals surface area contributed by atoms with Crippen molar-refractivity contribution in [2.75, 3.05) is 5.32 Å². The highest BCUT2D eigenvalue weighted by molar-refractivity contribution is 6.04. The Kier molecular flexibility index (Phi) is 6.42. The number of hydrogen-bond acceptors (Lipinski definition) is 4. The monoisotopic (exact) mass is 426 g/mol. The average molecular weight is 427 g/mol. The third kappa shape index (κ3) is 5.10. The molecule has 162 valence electrons. The van der Waals surface area contributed by atoms with E-state index >= 15 is 0 Å². The van der Waals surface area contributed by atoms with E-state index in [4.69, 9.17) is 0 Å². The number of nitrogens with zero attached hydrogens (tertiary/aromatic N) is 2. The number of H-pyrrole nitrogens is 1. The van der Waals surface area contributed by atoms with Crippen LogP contribution in [0.5, 0.6) is 0 Å². The summed E-state index contributed by atoms with van der Waals surface area (Å²) < 4.78 is 0. The van der Waals surface area contributed by atoms with Crippen LogP contribution in [0.4, 0.5) is 5.69 Å². The number of carbonyl (C=O) groups excluding carboxylic acids is 1. The molecule has 32 heavy (non-hydrogen) atoms. The van der Waals surface area contributed by atoms with E-state index in [0.717, 1.165) is 11.3 Å². The molecule has 0 atom stereocenters. The lowest BCUT2D eigenvalue weighted by atomic mass is 10.1. The van der Waals surface area contributed by atoms with Gasteiger partial charge in [-0.25, -0.2) is 4.98 Å². The third-order valence-electron chi connectivity index (χ3n) is 5.38. The zero-order valence-corrected chi connectivity index (χ0v) is 18.2. The van der Waals surface area contributed by atoms with E-state index in [1.165, 1.54) is 0 Å². The number of anilines is 1. The summed E-state index contributed by atoms with van der Waals surface area (Å²) in [6, 6.07) is 24.6. The largest absolute Gasteiger partial charge is 0.322 e. The molecule has 1 aromatic heterocycles. The van der Waals surface area contributed by atoms with Crippen LogP contribution in [0.1, 0.15) is 35.6 Å². The molecular weight excluding hydrogens is 400 g/mol. The summed E-state index contributed by atoms with van der Waals surface area (Å²) in [7, 11) is 0. The summed E-state index contributed by atoms with van der Waals surface area (Å²) in [6.07, 6.45) is 0. The van der Waals surface area contributed by atoms with Crippen molar-refractivity contribution < 1.29 is 4.79 Å². The number of aromatic amines is 1. The Morgan fingerprint density at radius 2 is 1.62 bits per heavy atom. The van der Waals surface area contributed by atoms with Gasteiger partial charge in [0.05, 0.1) is 17.4 Å². The van der Waals surface area contributed by atoms with Crippen molar-refractivity contribution in [3.63, 3.8) is 0 Å². The van der Waals surface area contributed by atoms with Gasteiger partial charge in [0.1, 0.15) is 5.82 Å². The number of aromatic nitrogens is 2. The van der Waals surface area contributed by atoms with Gasteiger partial charge >= 0.3 is 0 Å². The second kappa shape index (κ2) is 9.58. The molecule has 0 spiro atoms. The molecule has 4 rings (SSSR count). The number of nitrogens with one attached hydrogen (secondary N) is 2. The molecule has 3 aromatic carbocycles. The Bertz CT molecular complexity index is 1260. The van der Waals surface area contributed by atoms with Gasteiger partial charge in [-0.1, -0.05) is 42.5 Å². The standard InChI is InChI=1S/C26H26N4O2/c1-18(2)30(17-24-28-23-11-7-6-10-22(23)26(32)29-24)16-19-12-14-20(15-13-19)25(31)27-21-8-4-3-5-9-21/h3-15,18H,16-17H2,1-2H3,(H,27,31)(H,28,29,32). The van der Waals surface area contributed by atoms with Crippen molar-refractivity contribution in [2.45, 2.75) is 33.0 Å². The first-order valence-corrected chi connectivity index (χ1v) is 10.7. The first kappa shape index (κ1) is 21.5. The molecule has 6 heteroatoms. The Morgan fingerprint density at radius 3 is 2.34 bits per heavy atom. The number of rotatable bonds is 7. The van der Waals surface area contributed by atoms with Gasteiger partial charge < -0.3 is 10.3 Å². The van der Waals surface area contributed by atoms with Gasteiger partial charge in [0, 0.05) is 23.8 Å². The summed E-state index contributed by atoms with van der Waals surface area (Å²) in [5.41, 5.74) is 3.03. The third-order valence-corrected chi connectivity index (χ3v) is 5.38. The van der Waals surface area contributed by atoms with Gasteiger partial charge in [0.25, 0.3) is 11.5 Å². The lowest BCUT2D eigenvalue weighted by Crippen LogP contribution is -2.31. The van der Waals surface area contributed by atoms with E-state index in [0.29, 0.717) is 35.4 Å². The lowest BCUT2D eigenvalue weighted by molar-refractivity contribution is 0.102. The summed E-state index contributed by atoms with van der Waals surface area (Å²) in [5, 5.41) is 3.49. The maximum absolute atomic E-state index is 12.5. The zero-order valence-electron chi connectivity index (χ0n) is 18.2. The van der Waals surface area contributed by atoms with E-state index in [-0.39, 0.29) is 17.5 Å². The number of benzene rings is 3. The van der Waals surface area contributed by atoms with Gasteiger partial charge in [-0.3, -0.25) is 14.5 Å². The van der Waals surface area contributed by atoms with Crippen LogP contribution in [0.3, 0.4) is 0 Å². The van der Waals surface area contributed by atoms with Crippen molar-refractivity contribution in [3.05, 3.63) is 106 Å². The fraction of sp³-hybridized carbons (Fsp3) is 0.192. The zero-order chi connectivity index (χ0) is 22.5. The molecule has 0 aliphatic heterocycles. The fourth-order valence-electron chi connectivity index (χ4n) is 3.54. The molecular formula is C26H26N4O2. The van der Waals surface area contributed by atoms with Gasteiger partial charge in [0.15, 0.2) is 0 Å². The molecule has 0 radical (unpaired) electrons. The van der Waals surface area contributed by atoms with Crippen LogP contribution in [0, 0.1) is 0 Å². The van der Waals surface area contributed by atoms with Crippen molar-refractivity contribution in [1.29, 1.82) is 0 Å². The summed E-state index contributed by atoms with van der Waals surface area (Å²) >= 11 is 0. The van der Waals surface area contributed by atoms with E-state index in [2.05, 4.69) is 34.0 Å². The molecule has 6 nitrogen and oxygen atoms in total. The molecule has 0 aliphatic carbocycles.